The predicted molar refractivity (Wildman–Crippen MR) is 65.9 cm³/mol. The van der Waals surface area contributed by atoms with Crippen LogP contribution in [0.2, 0.25) is 0 Å². The van der Waals surface area contributed by atoms with Crippen LogP contribution in [-0.2, 0) is 4.74 Å². The van der Waals surface area contributed by atoms with Crippen LogP contribution in [0.4, 0.5) is 0 Å². The van der Waals surface area contributed by atoms with Gasteiger partial charge in [-0.25, -0.2) is 0 Å². The summed E-state index contributed by atoms with van der Waals surface area (Å²) in [5.41, 5.74) is 7.50. The fraction of sp³-hybridized carbons (Fsp3) is 0.429. The maximum Gasteiger partial charge on any atom is 0.122 e. The van der Waals surface area contributed by atoms with Gasteiger partial charge < -0.3 is 15.2 Å². The molecular weight excluding hydrogens is 214 g/mol. The lowest BCUT2D eigenvalue weighted by molar-refractivity contribution is 0.165. The molecule has 0 aliphatic carbocycles. The second-order valence-corrected chi connectivity index (χ2v) is 4.58. The van der Waals surface area contributed by atoms with Gasteiger partial charge in [-0.05, 0) is 25.0 Å². The Labute approximate surface area is 101 Å². The summed E-state index contributed by atoms with van der Waals surface area (Å²) < 4.78 is 11.3. The van der Waals surface area contributed by atoms with Gasteiger partial charge in [0.2, 0.25) is 0 Å². The van der Waals surface area contributed by atoms with E-state index in [1.54, 1.807) is 0 Å². The molecule has 3 rings (SSSR count). The molecule has 0 spiro atoms. The van der Waals surface area contributed by atoms with Crippen molar-refractivity contribution < 1.29 is 9.47 Å². The van der Waals surface area contributed by atoms with Gasteiger partial charge >= 0.3 is 0 Å². The molecule has 2 N–H and O–H groups in total. The zero-order valence-corrected chi connectivity index (χ0v) is 9.76. The topological polar surface area (TPSA) is 44.5 Å². The minimum atomic E-state index is -0.0843. The van der Waals surface area contributed by atoms with E-state index in [4.69, 9.17) is 15.2 Å². The Morgan fingerprint density at radius 1 is 1.24 bits per heavy atom. The van der Waals surface area contributed by atoms with Crippen LogP contribution in [0.25, 0.3) is 0 Å². The zero-order valence-electron chi connectivity index (χ0n) is 9.76. The summed E-state index contributed by atoms with van der Waals surface area (Å²) in [5.74, 6) is 2.11. The molecule has 1 aromatic rings. The highest BCUT2D eigenvalue weighted by Gasteiger charge is 2.32. The van der Waals surface area contributed by atoms with Gasteiger partial charge in [0, 0.05) is 11.5 Å². The lowest BCUT2D eigenvalue weighted by atomic mass is 9.92. The van der Waals surface area contributed by atoms with Gasteiger partial charge in [-0.2, -0.15) is 0 Å². The van der Waals surface area contributed by atoms with Gasteiger partial charge in [-0.1, -0.05) is 18.2 Å². The summed E-state index contributed by atoms with van der Waals surface area (Å²) in [6, 6.07) is 8.03. The molecular formula is C14H17NO2. The molecule has 3 nitrogen and oxygen atoms in total. The smallest absolute Gasteiger partial charge is 0.122 e. The first-order valence-electron chi connectivity index (χ1n) is 6.16. The zero-order chi connectivity index (χ0) is 11.7. The van der Waals surface area contributed by atoms with Gasteiger partial charge in [0.1, 0.15) is 11.5 Å². The average molecular weight is 231 g/mol. The van der Waals surface area contributed by atoms with E-state index < -0.39 is 0 Å². The Balaban J connectivity index is 1.84. The summed E-state index contributed by atoms with van der Waals surface area (Å²) in [5, 5.41) is 0. The van der Waals surface area contributed by atoms with E-state index in [1.165, 1.54) is 5.56 Å². The highest BCUT2D eigenvalue weighted by Crippen LogP contribution is 2.37. The number of nitrogens with two attached hydrogens (primary N) is 1. The molecule has 0 aromatic heterocycles. The lowest BCUT2D eigenvalue weighted by Crippen LogP contribution is -2.33. The van der Waals surface area contributed by atoms with Crippen LogP contribution in [0.1, 0.15) is 24.3 Å². The van der Waals surface area contributed by atoms with Crippen molar-refractivity contribution in [2.45, 2.75) is 24.8 Å². The van der Waals surface area contributed by atoms with Gasteiger partial charge in [-0.15, -0.1) is 0 Å². The normalized spacial score (nSPS) is 24.3. The van der Waals surface area contributed by atoms with Crippen LogP contribution >= 0.6 is 0 Å². The van der Waals surface area contributed by atoms with Crippen LogP contribution < -0.4 is 10.5 Å². The van der Waals surface area contributed by atoms with E-state index in [0.29, 0.717) is 6.61 Å². The van der Waals surface area contributed by atoms with Gasteiger partial charge in [0.15, 0.2) is 0 Å². The van der Waals surface area contributed by atoms with Crippen LogP contribution in [0.3, 0.4) is 0 Å². The van der Waals surface area contributed by atoms with E-state index >= 15 is 0 Å². The van der Waals surface area contributed by atoms with Gasteiger partial charge in [0.05, 0.1) is 19.3 Å². The van der Waals surface area contributed by atoms with Crippen molar-refractivity contribution in [2.24, 2.45) is 5.73 Å². The minimum absolute atomic E-state index is 0.0843. The molecule has 90 valence electrons. The highest BCUT2D eigenvalue weighted by molar-refractivity contribution is 5.41. The maximum atomic E-state index is 6.30. The number of para-hydroxylation sites is 1. The average Bonchev–Trinajstić information content (AvgIpc) is 2.83. The molecule has 0 bridgehead atoms. The fourth-order valence-corrected chi connectivity index (χ4v) is 2.49. The number of benzene rings is 1. The Kier molecular flexibility index (Phi) is 2.77. The second-order valence-electron chi connectivity index (χ2n) is 4.58. The number of rotatable bonds is 2. The van der Waals surface area contributed by atoms with Crippen molar-refractivity contribution in [1.29, 1.82) is 0 Å². The van der Waals surface area contributed by atoms with Crippen molar-refractivity contribution >= 4 is 0 Å². The lowest BCUT2D eigenvalue weighted by Gasteiger charge is -2.24. The van der Waals surface area contributed by atoms with E-state index in [0.717, 1.165) is 31.0 Å². The summed E-state index contributed by atoms with van der Waals surface area (Å²) in [6.07, 6.45) is 4.28. The summed E-state index contributed by atoms with van der Waals surface area (Å²) >= 11 is 0. The summed E-state index contributed by atoms with van der Waals surface area (Å²) in [7, 11) is 0. The van der Waals surface area contributed by atoms with Crippen molar-refractivity contribution in [3.63, 3.8) is 0 Å². The SMILES string of the molecule is NC(C1=CCCCO1)C1COc2ccccc21. The van der Waals surface area contributed by atoms with Crippen LogP contribution in [0, 0.1) is 0 Å². The largest absolute Gasteiger partial charge is 0.497 e. The molecule has 0 saturated carbocycles. The molecule has 2 heterocycles. The Bertz CT molecular complexity index is 442. The van der Waals surface area contributed by atoms with Crippen LogP contribution in [0.5, 0.6) is 5.75 Å². The van der Waals surface area contributed by atoms with Crippen LogP contribution in [0.15, 0.2) is 36.1 Å². The molecule has 0 radical (unpaired) electrons. The fourth-order valence-electron chi connectivity index (χ4n) is 2.49. The second kappa shape index (κ2) is 4.41. The van der Waals surface area contributed by atoms with Crippen molar-refractivity contribution in [3.05, 3.63) is 41.7 Å². The van der Waals surface area contributed by atoms with E-state index in [2.05, 4.69) is 12.1 Å². The first-order valence-corrected chi connectivity index (χ1v) is 6.16. The number of hydrogen-bond donors (Lipinski definition) is 1. The number of ether oxygens (including phenoxy) is 2. The first-order chi connectivity index (χ1) is 8.36. The molecule has 0 amide bonds. The highest BCUT2D eigenvalue weighted by atomic mass is 16.5. The van der Waals surface area contributed by atoms with Crippen LogP contribution in [-0.4, -0.2) is 19.3 Å². The Morgan fingerprint density at radius 2 is 2.12 bits per heavy atom. The third-order valence-electron chi connectivity index (χ3n) is 3.46. The van der Waals surface area contributed by atoms with E-state index in [1.807, 2.05) is 18.2 Å². The van der Waals surface area contributed by atoms with E-state index in [-0.39, 0.29) is 12.0 Å². The monoisotopic (exact) mass is 231 g/mol. The predicted octanol–water partition coefficient (Wildman–Crippen LogP) is 2.18. The molecule has 2 atom stereocenters. The Morgan fingerprint density at radius 3 is 2.94 bits per heavy atom. The third kappa shape index (κ3) is 1.91. The molecule has 2 aliphatic heterocycles. The molecule has 2 unspecified atom stereocenters. The van der Waals surface area contributed by atoms with Gasteiger partial charge in [0.25, 0.3) is 0 Å². The summed E-state index contributed by atoms with van der Waals surface area (Å²) in [4.78, 5) is 0. The maximum absolute atomic E-state index is 6.30. The molecule has 2 aliphatic rings. The number of allylic oxidation sites excluding steroid dienone is 1. The molecule has 3 heteroatoms. The van der Waals surface area contributed by atoms with Crippen molar-refractivity contribution in [1.82, 2.24) is 0 Å². The number of fused-ring (bicyclic) bond motifs is 1. The quantitative estimate of drug-likeness (QED) is 0.848. The first kappa shape index (κ1) is 10.7. The molecule has 0 fully saturated rings. The Hall–Kier alpha value is -1.48. The molecule has 0 saturated heterocycles. The third-order valence-corrected chi connectivity index (χ3v) is 3.46. The summed E-state index contributed by atoms with van der Waals surface area (Å²) in [6.45, 7) is 1.44. The van der Waals surface area contributed by atoms with Crippen molar-refractivity contribution in [2.75, 3.05) is 13.2 Å². The van der Waals surface area contributed by atoms with Gasteiger partial charge in [-0.3, -0.25) is 0 Å². The molecule has 17 heavy (non-hydrogen) atoms. The van der Waals surface area contributed by atoms with E-state index in [9.17, 15) is 0 Å². The number of hydrogen-bond acceptors (Lipinski definition) is 3. The minimum Gasteiger partial charge on any atom is -0.497 e. The standard InChI is InChI=1S/C14H17NO2/c15-14(13-7-3-4-8-16-13)11-9-17-12-6-2-1-5-10(11)12/h1-2,5-7,11,14H,3-4,8-9,15H2. The van der Waals surface area contributed by atoms with Crippen molar-refractivity contribution in [3.8, 4) is 5.75 Å². The molecule has 1 aromatic carbocycles.